The number of H-pyrrole nitrogens is 1. The maximum absolute atomic E-state index is 12.8. The Bertz CT molecular complexity index is 1370. The van der Waals surface area contributed by atoms with Gasteiger partial charge >= 0.3 is 0 Å². The molecule has 3 N–H and O–H groups in total. The molecule has 198 valence electrons. The van der Waals surface area contributed by atoms with Crippen LogP contribution >= 0.6 is 0 Å². The number of fused-ring (bicyclic) bond motifs is 2. The lowest BCUT2D eigenvalue weighted by atomic mass is 9.66. The summed E-state index contributed by atoms with van der Waals surface area (Å²) in [6.07, 6.45) is 4.94. The van der Waals surface area contributed by atoms with Crippen LogP contribution < -0.4 is 20.3 Å². The zero-order valence-electron chi connectivity index (χ0n) is 21.3. The number of hydrogen-bond acceptors (Lipinski definition) is 6. The van der Waals surface area contributed by atoms with Gasteiger partial charge in [-0.1, -0.05) is 49.2 Å². The summed E-state index contributed by atoms with van der Waals surface area (Å²) in [7, 11) is 0. The fourth-order valence-electron chi connectivity index (χ4n) is 6.38. The van der Waals surface area contributed by atoms with Crippen LogP contribution in [-0.2, 0) is 18.7 Å². The number of hydrogen-bond donors (Lipinski definition) is 3. The molecular formula is C30H33N3O5. The van der Waals surface area contributed by atoms with Gasteiger partial charge in [-0.15, -0.1) is 0 Å². The first kappa shape index (κ1) is 24.7. The summed E-state index contributed by atoms with van der Waals surface area (Å²) >= 11 is 0. The van der Waals surface area contributed by atoms with Crippen molar-refractivity contribution in [2.24, 2.45) is 5.92 Å². The molecule has 3 aliphatic rings. The molecule has 1 aliphatic carbocycles. The third-order valence-corrected chi connectivity index (χ3v) is 8.34. The Kier molecular flexibility index (Phi) is 6.68. The monoisotopic (exact) mass is 515 g/mol. The van der Waals surface area contributed by atoms with E-state index < -0.39 is 17.1 Å². The van der Waals surface area contributed by atoms with Gasteiger partial charge in [0.25, 0.3) is 11.5 Å². The van der Waals surface area contributed by atoms with E-state index in [1.165, 1.54) is 0 Å². The number of likely N-dealkylation sites (tertiary alicyclic amines) is 1. The normalized spacial score (nSPS) is 24.6. The van der Waals surface area contributed by atoms with Crippen LogP contribution in [0.1, 0.15) is 59.3 Å². The highest BCUT2D eigenvalue weighted by atomic mass is 16.7. The Balaban J connectivity index is 1.12. The number of aromatic nitrogens is 1. The summed E-state index contributed by atoms with van der Waals surface area (Å²) in [4.78, 5) is 30.9. The summed E-state index contributed by atoms with van der Waals surface area (Å²) in [6, 6.07) is 19.2. The van der Waals surface area contributed by atoms with E-state index >= 15 is 0 Å². The molecule has 0 radical (unpaired) electrons. The number of carbonyl (C=O) groups excluding carboxylic acids is 1. The largest absolute Gasteiger partial charge is 0.454 e. The van der Waals surface area contributed by atoms with Gasteiger partial charge in [-0.25, -0.2) is 0 Å². The van der Waals surface area contributed by atoms with Crippen molar-refractivity contribution >= 4 is 5.91 Å². The van der Waals surface area contributed by atoms with Gasteiger partial charge in [0.2, 0.25) is 6.79 Å². The number of ether oxygens (including phenoxy) is 2. The Hall–Kier alpha value is -3.62. The number of aliphatic hydroxyl groups is 1. The van der Waals surface area contributed by atoms with Crippen molar-refractivity contribution in [3.63, 3.8) is 0 Å². The maximum atomic E-state index is 12.8. The second-order valence-corrected chi connectivity index (χ2v) is 10.6. The molecule has 1 amide bonds. The fraction of sp³-hybridized carbons (Fsp3) is 0.400. The van der Waals surface area contributed by atoms with Gasteiger partial charge in [0.1, 0.15) is 5.56 Å². The summed E-state index contributed by atoms with van der Waals surface area (Å²) in [5, 5.41) is 14.6. The Morgan fingerprint density at radius 3 is 2.71 bits per heavy atom. The molecule has 8 heteroatoms. The van der Waals surface area contributed by atoms with Crippen LogP contribution in [0.25, 0.3) is 0 Å². The van der Waals surface area contributed by atoms with Gasteiger partial charge in [0.15, 0.2) is 11.5 Å². The van der Waals surface area contributed by atoms with Crippen LogP contribution in [-0.4, -0.2) is 40.3 Å². The quantitative estimate of drug-likeness (QED) is 0.463. The Labute approximate surface area is 221 Å². The number of nitrogens with one attached hydrogen (secondary N) is 2. The van der Waals surface area contributed by atoms with Gasteiger partial charge in [-0.2, -0.15) is 0 Å². The van der Waals surface area contributed by atoms with Crippen LogP contribution in [0.3, 0.4) is 0 Å². The van der Waals surface area contributed by atoms with Crippen LogP contribution in [0.4, 0.5) is 0 Å². The van der Waals surface area contributed by atoms with Crippen LogP contribution in [0, 0.1) is 5.92 Å². The Morgan fingerprint density at radius 2 is 1.87 bits per heavy atom. The van der Waals surface area contributed by atoms with Crippen LogP contribution in [0.15, 0.2) is 65.5 Å². The van der Waals surface area contributed by atoms with E-state index in [0.717, 1.165) is 49.0 Å². The van der Waals surface area contributed by atoms with Crippen molar-refractivity contribution in [2.75, 3.05) is 13.3 Å². The minimum Gasteiger partial charge on any atom is -0.454 e. The second-order valence-electron chi connectivity index (χ2n) is 10.6. The standard InChI is InChI=1S/C30H33N3O5/c34-28(31-17-20-10-13-26-27(16-20)38-19-37-26)23-12-11-22(32-29(23)35)18-33-15-14-30(36,21-6-2-1-3-7-21)24-8-4-5-9-25(24)33/h1-3,6-7,10-13,16,24-25,36H,4-5,8-9,14-15,17-19H2,(H,31,34)(H,32,35)/t24-,25-,30+/m0/s1. The van der Waals surface area contributed by atoms with Crippen molar-refractivity contribution in [1.29, 1.82) is 0 Å². The topological polar surface area (TPSA) is 104 Å². The molecule has 0 spiro atoms. The molecule has 1 aromatic heterocycles. The number of pyridine rings is 1. The van der Waals surface area contributed by atoms with E-state index in [2.05, 4.69) is 15.2 Å². The number of amides is 1. The van der Waals surface area contributed by atoms with Gasteiger partial charge in [0, 0.05) is 37.3 Å². The SMILES string of the molecule is O=C(NCc1ccc2c(c1)OCO2)c1ccc(CN2CC[C@@](O)(c3ccccc3)[C@H]3CCCC[C@@H]32)[nH]c1=O. The first-order chi connectivity index (χ1) is 18.5. The Morgan fingerprint density at radius 1 is 1.05 bits per heavy atom. The lowest BCUT2D eigenvalue weighted by Gasteiger charge is -2.52. The van der Waals surface area contributed by atoms with E-state index in [1.54, 1.807) is 6.07 Å². The molecule has 38 heavy (non-hydrogen) atoms. The summed E-state index contributed by atoms with van der Waals surface area (Å²) < 4.78 is 10.7. The van der Waals surface area contributed by atoms with Crippen LogP contribution in [0.2, 0.25) is 0 Å². The predicted octanol–water partition coefficient (Wildman–Crippen LogP) is 3.69. The highest BCUT2D eigenvalue weighted by molar-refractivity contribution is 5.93. The second kappa shape index (κ2) is 10.3. The molecule has 2 aromatic carbocycles. The summed E-state index contributed by atoms with van der Waals surface area (Å²) in [5.41, 5.74) is 1.50. The first-order valence-corrected chi connectivity index (χ1v) is 13.4. The van der Waals surface area contributed by atoms with Crippen LogP contribution in [0.5, 0.6) is 11.5 Å². The van der Waals surface area contributed by atoms with Crippen molar-refractivity contribution in [2.45, 2.75) is 56.8 Å². The highest BCUT2D eigenvalue weighted by Crippen LogP contribution is 2.47. The zero-order valence-corrected chi connectivity index (χ0v) is 21.3. The third kappa shape index (κ3) is 4.70. The number of benzene rings is 2. The average Bonchev–Trinajstić information content (AvgIpc) is 3.42. The fourth-order valence-corrected chi connectivity index (χ4v) is 6.38. The van der Waals surface area contributed by atoms with E-state index in [4.69, 9.17) is 9.47 Å². The molecule has 3 heterocycles. The smallest absolute Gasteiger partial charge is 0.261 e. The van der Waals surface area contributed by atoms with Gasteiger partial charge < -0.3 is 24.9 Å². The lowest BCUT2D eigenvalue weighted by Crippen LogP contribution is -2.57. The predicted molar refractivity (Wildman–Crippen MR) is 142 cm³/mol. The number of carbonyl (C=O) groups is 1. The number of piperidine rings is 1. The summed E-state index contributed by atoms with van der Waals surface area (Å²) in [6.45, 7) is 1.80. The van der Waals surface area contributed by atoms with Crippen molar-refractivity contribution in [1.82, 2.24) is 15.2 Å². The van der Waals surface area contributed by atoms with Gasteiger partial charge in [-0.3, -0.25) is 14.5 Å². The van der Waals surface area contributed by atoms with E-state index in [1.807, 2.05) is 54.6 Å². The maximum Gasteiger partial charge on any atom is 0.261 e. The first-order valence-electron chi connectivity index (χ1n) is 13.4. The molecule has 2 aliphatic heterocycles. The summed E-state index contributed by atoms with van der Waals surface area (Å²) in [5.74, 6) is 1.07. The molecule has 8 nitrogen and oxygen atoms in total. The van der Waals surface area contributed by atoms with Crippen molar-refractivity contribution in [3.05, 3.63) is 93.4 Å². The minimum absolute atomic E-state index is 0.0853. The van der Waals surface area contributed by atoms with E-state index in [-0.39, 0.29) is 30.9 Å². The number of aromatic amines is 1. The highest BCUT2D eigenvalue weighted by Gasteiger charge is 2.48. The van der Waals surface area contributed by atoms with E-state index in [0.29, 0.717) is 24.5 Å². The average molecular weight is 516 g/mol. The molecule has 6 rings (SSSR count). The molecule has 3 aromatic rings. The van der Waals surface area contributed by atoms with Gasteiger partial charge in [0.05, 0.1) is 5.60 Å². The molecule has 3 atom stereocenters. The van der Waals surface area contributed by atoms with Gasteiger partial charge in [-0.05, 0) is 54.7 Å². The molecule has 0 unspecified atom stereocenters. The lowest BCUT2D eigenvalue weighted by molar-refractivity contribution is -0.123. The molecular weight excluding hydrogens is 482 g/mol. The van der Waals surface area contributed by atoms with Crippen molar-refractivity contribution < 1.29 is 19.4 Å². The molecule has 1 saturated carbocycles. The zero-order chi connectivity index (χ0) is 26.1. The third-order valence-electron chi connectivity index (χ3n) is 8.34. The van der Waals surface area contributed by atoms with Crippen molar-refractivity contribution in [3.8, 4) is 11.5 Å². The number of rotatable bonds is 6. The molecule has 0 bridgehead atoms. The molecule has 2 fully saturated rings. The number of nitrogens with zero attached hydrogens (tertiary/aromatic N) is 1. The molecule has 1 saturated heterocycles. The van der Waals surface area contributed by atoms with E-state index in [9.17, 15) is 14.7 Å². The minimum atomic E-state index is -0.823.